The van der Waals surface area contributed by atoms with Crippen molar-refractivity contribution in [3.8, 4) is 30.6 Å². The summed E-state index contributed by atoms with van der Waals surface area (Å²) >= 11 is 7.66. The summed E-state index contributed by atoms with van der Waals surface area (Å²) in [6.07, 6.45) is 13.2. The van der Waals surface area contributed by atoms with Crippen LogP contribution in [0.15, 0.2) is 45.8 Å². The number of hydrogen-bond acceptors (Lipinski definition) is 4. The lowest BCUT2D eigenvalue weighted by Crippen LogP contribution is -1.94. The number of aryl methyl sites for hydroxylation is 1. The first-order chi connectivity index (χ1) is 15.8. The highest BCUT2D eigenvalue weighted by Crippen LogP contribution is 2.48. The molecule has 0 unspecified atom stereocenters. The van der Waals surface area contributed by atoms with Crippen LogP contribution in [0.3, 0.4) is 0 Å². The second kappa shape index (κ2) is 12.3. The third-order valence-corrected chi connectivity index (χ3v) is 10.1. The number of thiophene rings is 4. The molecule has 0 amide bonds. The second-order valence-corrected chi connectivity index (χ2v) is 12.2. The van der Waals surface area contributed by atoms with Crippen LogP contribution in [0, 0.1) is 0 Å². The van der Waals surface area contributed by atoms with E-state index in [2.05, 4.69) is 59.6 Å². The zero-order valence-corrected chi connectivity index (χ0v) is 22.6. The Hall–Kier alpha value is -1.20. The van der Waals surface area contributed by atoms with Crippen molar-refractivity contribution in [3.05, 3.63) is 56.9 Å². The summed E-state index contributed by atoms with van der Waals surface area (Å²) in [6, 6.07) is 9.06. The molecule has 0 spiro atoms. The molecule has 0 bridgehead atoms. The van der Waals surface area contributed by atoms with Crippen molar-refractivity contribution in [2.45, 2.75) is 78.1 Å². The Kier molecular flexibility index (Phi) is 9.21. The Bertz CT molecular complexity index is 1060. The van der Waals surface area contributed by atoms with E-state index in [1.54, 1.807) is 16.0 Å². The molecule has 0 saturated carbocycles. The summed E-state index contributed by atoms with van der Waals surface area (Å²) in [5.41, 5.74) is 6.11. The molecule has 0 aromatic carbocycles. The van der Waals surface area contributed by atoms with Gasteiger partial charge in [0, 0.05) is 25.8 Å². The number of hydrogen-bond donors (Lipinski definition) is 0. The van der Waals surface area contributed by atoms with E-state index in [1.165, 1.54) is 90.0 Å². The van der Waals surface area contributed by atoms with Crippen molar-refractivity contribution in [2.24, 2.45) is 0 Å². The van der Waals surface area contributed by atoms with Gasteiger partial charge in [0.2, 0.25) is 0 Å². The molecule has 0 radical (unpaired) electrons. The molecular weight excluding hydrogens is 465 g/mol. The first-order valence-electron chi connectivity index (χ1n) is 12.1. The maximum atomic E-state index is 2.48. The predicted molar refractivity (Wildman–Crippen MR) is 150 cm³/mol. The van der Waals surface area contributed by atoms with E-state index in [9.17, 15) is 0 Å². The van der Waals surface area contributed by atoms with Gasteiger partial charge in [-0.15, -0.1) is 45.3 Å². The highest BCUT2D eigenvalue weighted by atomic mass is 32.1. The molecule has 4 rings (SSSR count). The van der Waals surface area contributed by atoms with Crippen LogP contribution in [-0.2, 0) is 12.8 Å². The molecule has 0 aliphatic carbocycles. The Labute approximate surface area is 210 Å². The van der Waals surface area contributed by atoms with Gasteiger partial charge >= 0.3 is 0 Å². The molecule has 4 aromatic heterocycles. The van der Waals surface area contributed by atoms with Gasteiger partial charge in [0.05, 0.1) is 4.88 Å². The van der Waals surface area contributed by atoms with Crippen LogP contribution in [0.5, 0.6) is 0 Å². The summed E-state index contributed by atoms with van der Waals surface area (Å²) in [4.78, 5) is 5.84. The average Bonchev–Trinajstić information content (AvgIpc) is 3.60. The molecular formula is C28H34S4. The summed E-state index contributed by atoms with van der Waals surface area (Å²) in [6.45, 7) is 4.61. The van der Waals surface area contributed by atoms with Gasteiger partial charge in [0.25, 0.3) is 0 Å². The summed E-state index contributed by atoms with van der Waals surface area (Å²) < 4.78 is 0. The van der Waals surface area contributed by atoms with Gasteiger partial charge < -0.3 is 0 Å². The van der Waals surface area contributed by atoms with Crippen molar-refractivity contribution in [1.82, 2.24) is 0 Å². The van der Waals surface area contributed by atoms with Crippen LogP contribution < -0.4 is 0 Å². The topological polar surface area (TPSA) is 0 Å². The lowest BCUT2D eigenvalue weighted by molar-refractivity contribution is 0.652. The molecule has 4 heterocycles. The van der Waals surface area contributed by atoms with Gasteiger partial charge in [-0.25, -0.2) is 0 Å². The Balaban J connectivity index is 1.65. The second-order valence-electron chi connectivity index (χ2n) is 8.49. The van der Waals surface area contributed by atoms with Crippen molar-refractivity contribution in [1.29, 1.82) is 0 Å². The molecule has 0 aliphatic heterocycles. The maximum absolute atomic E-state index is 2.48. The lowest BCUT2D eigenvalue weighted by Gasteiger charge is -2.10. The predicted octanol–water partition coefficient (Wildman–Crippen LogP) is 11.2. The number of rotatable bonds is 13. The molecule has 0 fully saturated rings. The smallest absolute Gasteiger partial charge is 0.0532 e. The van der Waals surface area contributed by atoms with Gasteiger partial charge in [-0.3, -0.25) is 0 Å². The monoisotopic (exact) mass is 498 g/mol. The molecule has 0 saturated heterocycles. The standard InChI is InChI=1S/C28H34S4/c1-3-5-7-9-12-21-20-32-27(22(21)13-10-8-6-4-2)28-24(16-19-31-28)26-23(15-18-30-26)25-14-11-17-29-25/h11,14-20H,3-10,12-13H2,1-2H3. The van der Waals surface area contributed by atoms with Crippen LogP contribution in [0.25, 0.3) is 30.6 Å². The quantitative estimate of drug-likeness (QED) is 0.161. The highest BCUT2D eigenvalue weighted by Gasteiger charge is 2.20. The van der Waals surface area contributed by atoms with E-state index in [-0.39, 0.29) is 0 Å². The van der Waals surface area contributed by atoms with Crippen molar-refractivity contribution in [2.75, 3.05) is 0 Å². The summed E-state index contributed by atoms with van der Waals surface area (Å²) in [7, 11) is 0. The van der Waals surface area contributed by atoms with E-state index in [4.69, 9.17) is 0 Å². The largest absolute Gasteiger partial charge is 0.144 e. The van der Waals surface area contributed by atoms with E-state index >= 15 is 0 Å². The van der Waals surface area contributed by atoms with Crippen LogP contribution in [0.4, 0.5) is 0 Å². The van der Waals surface area contributed by atoms with Crippen LogP contribution >= 0.6 is 45.3 Å². The third-order valence-electron chi connectivity index (χ3n) is 6.13. The van der Waals surface area contributed by atoms with Crippen molar-refractivity contribution in [3.63, 3.8) is 0 Å². The Morgan fingerprint density at radius 3 is 2.03 bits per heavy atom. The summed E-state index contributed by atoms with van der Waals surface area (Å²) in [5.74, 6) is 0. The zero-order chi connectivity index (χ0) is 22.2. The Morgan fingerprint density at radius 1 is 0.594 bits per heavy atom. The minimum absolute atomic E-state index is 1.24. The van der Waals surface area contributed by atoms with E-state index in [0.717, 1.165) is 0 Å². The van der Waals surface area contributed by atoms with Crippen molar-refractivity contribution >= 4 is 45.3 Å². The zero-order valence-electron chi connectivity index (χ0n) is 19.3. The van der Waals surface area contributed by atoms with Gasteiger partial charge in [0.15, 0.2) is 0 Å². The van der Waals surface area contributed by atoms with Crippen molar-refractivity contribution < 1.29 is 0 Å². The van der Waals surface area contributed by atoms with Gasteiger partial charge in [-0.05, 0) is 76.5 Å². The molecule has 0 N–H and O–H groups in total. The van der Waals surface area contributed by atoms with Gasteiger partial charge in [-0.2, -0.15) is 0 Å². The average molecular weight is 499 g/mol. The molecule has 0 nitrogen and oxygen atoms in total. The number of unbranched alkanes of at least 4 members (excludes halogenated alkanes) is 6. The SMILES string of the molecule is CCCCCCc1csc(-c2sccc2-c2sccc2-c2cccs2)c1CCCCCC. The maximum Gasteiger partial charge on any atom is 0.0532 e. The van der Waals surface area contributed by atoms with Crippen LogP contribution in [-0.4, -0.2) is 0 Å². The molecule has 0 aliphatic rings. The molecule has 4 aromatic rings. The minimum atomic E-state index is 1.24. The Morgan fingerprint density at radius 2 is 1.31 bits per heavy atom. The van der Waals surface area contributed by atoms with E-state index in [0.29, 0.717) is 0 Å². The molecule has 4 heteroatoms. The minimum Gasteiger partial charge on any atom is -0.144 e. The molecule has 32 heavy (non-hydrogen) atoms. The first kappa shape index (κ1) is 23.9. The fourth-order valence-corrected chi connectivity index (χ4v) is 8.47. The fraction of sp³-hybridized carbons (Fsp3) is 0.429. The molecule has 170 valence electrons. The highest BCUT2D eigenvalue weighted by molar-refractivity contribution is 7.22. The normalized spacial score (nSPS) is 11.4. The van der Waals surface area contributed by atoms with E-state index < -0.39 is 0 Å². The van der Waals surface area contributed by atoms with Gasteiger partial charge in [-0.1, -0.05) is 58.4 Å². The first-order valence-corrected chi connectivity index (χ1v) is 15.6. The lowest BCUT2D eigenvalue weighted by atomic mass is 9.97. The third kappa shape index (κ3) is 5.64. The summed E-state index contributed by atoms with van der Waals surface area (Å²) in [5, 5.41) is 9.22. The van der Waals surface area contributed by atoms with Gasteiger partial charge in [0.1, 0.15) is 0 Å². The van der Waals surface area contributed by atoms with Crippen LogP contribution in [0.1, 0.15) is 76.3 Å². The van der Waals surface area contributed by atoms with Crippen LogP contribution in [0.2, 0.25) is 0 Å². The molecule has 0 atom stereocenters. The fourth-order valence-electron chi connectivity index (χ4n) is 4.37. The van der Waals surface area contributed by atoms with E-state index in [1.807, 2.05) is 45.3 Å².